The Labute approximate surface area is 133 Å². The largest absolute Gasteiger partial charge is 0.459 e. The van der Waals surface area contributed by atoms with Gasteiger partial charge in [-0.3, -0.25) is 0 Å². The van der Waals surface area contributed by atoms with E-state index >= 15 is 0 Å². The maximum absolute atomic E-state index is 13.3. The van der Waals surface area contributed by atoms with Crippen molar-refractivity contribution in [2.45, 2.75) is 18.3 Å². The summed E-state index contributed by atoms with van der Waals surface area (Å²) < 4.78 is 126. The van der Waals surface area contributed by atoms with E-state index in [2.05, 4.69) is 10.2 Å². The van der Waals surface area contributed by atoms with Gasteiger partial charge < -0.3 is 0 Å². The highest BCUT2D eigenvalue weighted by Crippen LogP contribution is 2.43. The van der Waals surface area contributed by atoms with E-state index in [0.29, 0.717) is 6.21 Å². The van der Waals surface area contributed by atoms with Crippen molar-refractivity contribution in [3.05, 3.63) is 47.5 Å². The Hall–Kier alpha value is -2.40. The molecule has 0 saturated carbocycles. The molecule has 0 N–H and O–H groups in total. The molecule has 1 aromatic carbocycles. The summed E-state index contributed by atoms with van der Waals surface area (Å²) in [5.41, 5.74) is -6.68. The number of rotatable bonds is 4. The van der Waals surface area contributed by atoms with Crippen LogP contribution >= 0.6 is 0 Å². The van der Waals surface area contributed by atoms with Crippen molar-refractivity contribution in [2.75, 3.05) is 0 Å². The van der Waals surface area contributed by atoms with Crippen LogP contribution in [0.25, 0.3) is 0 Å². The van der Waals surface area contributed by atoms with Gasteiger partial charge in [-0.15, -0.1) is 5.10 Å². The lowest BCUT2D eigenvalue weighted by Crippen LogP contribution is -2.47. The normalized spacial score (nSPS) is 14.1. The molecule has 0 heterocycles. The van der Waals surface area contributed by atoms with Gasteiger partial charge in [-0.05, 0) is 5.56 Å². The zero-order valence-electron chi connectivity index (χ0n) is 11.6. The van der Waals surface area contributed by atoms with Crippen LogP contribution in [0.5, 0.6) is 0 Å². The van der Waals surface area contributed by atoms with Gasteiger partial charge in [-0.2, -0.15) is 49.0 Å². The Morgan fingerprint density at radius 2 is 1.36 bits per heavy atom. The molecule has 0 spiro atoms. The summed E-state index contributed by atoms with van der Waals surface area (Å²) in [6.45, 7) is 0. The lowest BCUT2D eigenvalue weighted by Gasteiger charge is -2.22. The lowest BCUT2D eigenvalue weighted by atomic mass is 10.0. The first-order valence-electron chi connectivity index (χ1n) is 6.02. The maximum Gasteiger partial charge on any atom is 0.459 e. The molecule has 0 bridgehead atoms. The minimum Gasteiger partial charge on any atom is -0.189 e. The van der Waals surface area contributed by atoms with E-state index in [1.54, 1.807) is 0 Å². The Balaban J connectivity index is 3.51. The molecule has 1 aromatic rings. The van der Waals surface area contributed by atoms with E-state index in [9.17, 15) is 43.9 Å². The summed E-state index contributed by atoms with van der Waals surface area (Å²) in [7, 11) is 0. The topological polar surface area (TPSA) is 24.7 Å². The van der Waals surface area contributed by atoms with Gasteiger partial charge in [0.05, 0.1) is 6.21 Å². The molecule has 138 valence electrons. The molecule has 0 unspecified atom stereocenters. The van der Waals surface area contributed by atoms with Crippen LogP contribution in [-0.2, 0) is 0 Å². The van der Waals surface area contributed by atoms with Gasteiger partial charge in [0, 0.05) is 0 Å². The van der Waals surface area contributed by atoms with Crippen LogP contribution in [0, 0.1) is 0 Å². The predicted molar refractivity (Wildman–Crippen MR) is 67.8 cm³/mol. The van der Waals surface area contributed by atoms with Crippen LogP contribution in [0.1, 0.15) is 5.56 Å². The second kappa shape index (κ2) is 7.23. The van der Waals surface area contributed by atoms with E-state index < -0.39 is 35.6 Å². The first-order chi connectivity index (χ1) is 11.3. The monoisotopic (exact) mass is 380 g/mol. The smallest absolute Gasteiger partial charge is 0.189 e. The second-order valence-corrected chi connectivity index (χ2v) is 4.31. The van der Waals surface area contributed by atoms with Crippen molar-refractivity contribution in [1.29, 1.82) is 0 Å². The van der Waals surface area contributed by atoms with Crippen LogP contribution in [0.15, 0.2) is 52.2 Å². The standard InChI is InChI=1S/C13H6F10N2/c14-10(15)8(12(18,19)20)9(11(16,17)13(21,22)23)25-24-6-7-4-2-1-3-5-7/h1-6H/b24-6+,25-9+. The number of alkyl halides is 8. The van der Waals surface area contributed by atoms with Gasteiger partial charge >= 0.3 is 18.3 Å². The van der Waals surface area contributed by atoms with Crippen molar-refractivity contribution in [2.24, 2.45) is 10.2 Å². The zero-order chi connectivity index (χ0) is 19.5. The Morgan fingerprint density at radius 3 is 1.76 bits per heavy atom. The van der Waals surface area contributed by atoms with Gasteiger partial charge in [-0.1, -0.05) is 30.3 Å². The van der Waals surface area contributed by atoms with Crippen molar-refractivity contribution in [1.82, 2.24) is 0 Å². The summed E-state index contributed by atoms with van der Waals surface area (Å²) in [6, 6.07) is 6.79. The second-order valence-electron chi connectivity index (χ2n) is 4.31. The molecule has 25 heavy (non-hydrogen) atoms. The van der Waals surface area contributed by atoms with Crippen LogP contribution in [0.2, 0.25) is 0 Å². The fraction of sp³-hybridized carbons (Fsp3) is 0.231. The number of nitrogens with zero attached hydrogens (tertiary/aromatic N) is 2. The van der Waals surface area contributed by atoms with Crippen molar-refractivity contribution >= 4 is 11.9 Å². The molecule has 0 atom stereocenters. The van der Waals surface area contributed by atoms with E-state index in [1.165, 1.54) is 30.3 Å². The first kappa shape index (κ1) is 20.6. The molecule has 1 rings (SSSR count). The SMILES string of the molecule is FC(F)=C(/C(=N\N=C\c1ccccc1)C(F)(F)C(F)(F)F)C(F)(F)F. The molecule has 0 aromatic heterocycles. The average molecular weight is 380 g/mol. The molecular weight excluding hydrogens is 374 g/mol. The van der Waals surface area contributed by atoms with Crippen molar-refractivity contribution in [3.8, 4) is 0 Å². The number of benzene rings is 1. The number of allylic oxidation sites excluding steroid dienone is 1. The van der Waals surface area contributed by atoms with Crippen molar-refractivity contribution in [3.63, 3.8) is 0 Å². The molecular formula is C13H6F10N2. The molecule has 0 amide bonds. The summed E-state index contributed by atoms with van der Waals surface area (Å²) >= 11 is 0. The Kier molecular flexibility index (Phi) is 5.97. The molecule has 0 radical (unpaired) electrons. The fourth-order valence-electron chi connectivity index (χ4n) is 1.43. The van der Waals surface area contributed by atoms with Gasteiger partial charge in [0.2, 0.25) is 0 Å². The molecule has 0 fully saturated rings. The predicted octanol–water partition coefficient (Wildman–Crippen LogP) is 5.37. The molecule has 2 nitrogen and oxygen atoms in total. The van der Waals surface area contributed by atoms with E-state index in [1.807, 2.05) is 0 Å². The van der Waals surface area contributed by atoms with Crippen LogP contribution in [0.4, 0.5) is 43.9 Å². The van der Waals surface area contributed by atoms with Gasteiger partial charge in [0.25, 0.3) is 6.08 Å². The lowest BCUT2D eigenvalue weighted by molar-refractivity contribution is -0.249. The summed E-state index contributed by atoms with van der Waals surface area (Å²) in [6.07, 6.45) is -16.1. The molecule has 0 saturated heterocycles. The zero-order valence-corrected chi connectivity index (χ0v) is 11.6. The summed E-state index contributed by atoms with van der Waals surface area (Å²) in [5, 5.41) is 4.76. The fourth-order valence-corrected chi connectivity index (χ4v) is 1.43. The molecule has 0 aliphatic rings. The quantitative estimate of drug-likeness (QED) is 0.381. The first-order valence-corrected chi connectivity index (χ1v) is 6.02. The van der Waals surface area contributed by atoms with Crippen LogP contribution < -0.4 is 0 Å². The number of halogens is 10. The van der Waals surface area contributed by atoms with Crippen molar-refractivity contribution < 1.29 is 43.9 Å². The van der Waals surface area contributed by atoms with Gasteiger partial charge in [0.15, 0.2) is 11.3 Å². The molecule has 12 heteroatoms. The van der Waals surface area contributed by atoms with Crippen LogP contribution in [0.3, 0.4) is 0 Å². The Bertz CT molecular complexity index is 679. The minimum absolute atomic E-state index is 0.0687. The van der Waals surface area contributed by atoms with E-state index in [0.717, 1.165) is 0 Å². The van der Waals surface area contributed by atoms with Gasteiger partial charge in [0.1, 0.15) is 0 Å². The van der Waals surface area contributed by atoms with Gasteiger partial charge in [-0.25, -0.2) is 0 Å². The molecule has 0 aliphatic carbocycles. The average Bonchev–Trinajstić information content (AvgIpc) is 2.44. The highest BCUT2D eigenvalue weighted by molar-refractivity contribution is 6.07. The maximum atomic E-state index is 13.3. The Morgan fingerprint density at radius 1 is 0.840 bits per heavy atom. The number of hydrogen-bond donors (Lipinski definition) is 0. The third-order valence-corrected chi connectivity index (χ3v) is 2.53. The van der Waals surface area contributed by atoms with Crippen LogP contribution in [-0.4, -0.2) is 30.2 Å². The third kappa shape index (κ3) is 5.03. The minimum atomic E-state index is -6.60. The highest BCUT2D eigenvalue weighted by Gasteiger charge is 2.65. The summed E-state index contributed by atoms with van der Waals surface area (Å²) in [5.74, 6) is -6.31. The molecule has 0 aliphatic heterocycles. The van der Waals surface area contributed by atoms with E-state index in [4.69, 9.17) is 0 Å². The number of hydrogen-bond acceptors (Lipinski definition) is 2. The summed E-state index contributed by atoms with van der Waals surface area (Å²) in [4.78, 5) is 0. The third-order valence-electron chi connectivity index (χ3n) is 2.53. The van der Waals surface area contributed by atoms with E-state index in [-0.39, 0.29) is 5.56 Å². The highest BCUT2D eigenvalue weighted by atomic mass is 19.4.